The van der Waals surface area contributed by atoms with Gasteiger partial charge in [0.05, 0.1) is 0 Å². The summed E-state index contributed by atoms with van der Waals surface area (Å²) in [6.07, 6.45) is 9.82. The van der Waals surface area contributed by atoms with Gasteiger partial charge < -0.3 is 14.8 Å². The molecule has 1 aromatic heterocycles. The smallest absolute Gasteiger partial charge is 0.0347 e. The average Bonchev–Trinajstić information content (AvgIpc) is 2.77. The number of hydrogen-bond acceptors (Lipinski definition) is 2. The van der Waals surface area contributed by atoms with Crippen molar-refractivity contribution >= 4 is 0 Å². The van der Waals surface area contributed by atoms with Crippen molar-refractivity contribution in [1.82, 2.24) is 14.8 Å². The molecule has 0 spiro atoms. The first-order chi connectivity index (χ1) is 8.70. The van der Waals surface area contributed by atoms with Gasteiger partial charge in [-0.3, -0.25) is 0 Å². The van der Waals surface area contributed by atoms with Crippen molar-refractivity contribution in [3.05, 3.63) is 23.5 Å². The molecule has 0 bridgehead atoms. The quantitative estimate of drug-likeness (QED) is 0.835. The highest BCUT2D eigenvalue weighted by Gasteiger charge is 2.21. The molecule has 0 saturated carbocycles. The first kappa shape index (κ1) is 13.6. The van der Waals surface area contributed by atoms with Gasteiger partial charge >= 0.3 is 0 Å². The van der Waals surface area contributed by atoms with E-state index in [9.17, 15) is 0 Å². The third kappa shape index (κ3) is 3.36. The normalized spacial score (nSPS) is 19.2. The minimum Gasteiger partial charge on any atom is -0.352 e. The molecular formula is C15H27N3. The summed E-state index contributed by atoms with van der Waals surface area (Å²) >= 11 is 0. The van der Waals surface area contributed by atoms with Gasteiger partial charge in [-0.2, -0.15) is 0 Å². The average molecular weight is 249 g/mol. The number of hydrogen-bond donors (Lipinski definition) is 1. The van der Waals surface area contributed by atoms with Crippen molar-refractivity contribution in [3.8, 4) is 0 Å². The van der Waals surface area contributed by atoms with Gasteiger partial charge in [-0.1, -0.05) is 6.92 Å². The molecule has 1 aliphatic rings. The van der Waals surface area contributed by atoms with E-state index in [-0.39, 0.29) is 0 Å². The van der Waals surface area contributed by atoms with Crippen molar-refractivity contribution in [2.75, 3.05) is 27.2 Å². The zero-order valence-corrected chi connectivity index (χ0v) is 12.1. The third-order valence-corrected chi connectivity index (χ3v) is 3.76. The van der Waals surface area contributed by atoms with E-state index in [0.717, 1.165) is 19.6 Å². The minimum absolute atomic E-state index is 0.592. The Balaban J connectivity index is 2.03. The van der Waals surface area contributed by atoms with Gasteiger partial charge in [0.2, 0.25) is 0 Å². The standard InChI is InChI=1S/C15H27N3/c1-4-8-16-15-7-5-6-13-11-18(12-14(13)15)10-9-17(2)3/h11-12,15-16H,4-10H2,1-3H3. The van der Waals surface area contributed by atoms with E-state index in [1.165, 1.54) is 25.7 Å². The highest BCUT2D eigenvalue weighted by molar-refractivity contribution is 5.30. The molecule has 0 saturated heterocycles. The summed E-state index contributed by atoms with van der Waals surface area (Å²) in [4.78, 5) is 2.24. The third-order valence-electron chi connectivity index (χ3n) is 3.76. The maximum Gasteiger partial charge on any atom is 0.0347 e. The zero-order chi connectivity index (χ0) is 13.0. The van der Waals surface area contributed by atoms with Crippen LogP contribution in [0.15, 0.2) is 12.4 Å². The summed E-state index contributed by atoms with van der Waals surface area (Å²) in [5.41, 5.74) is 3.11. The lowest BCUT2D eigenvalue weighted by molar-refractivity contribution is 0.384. The lowest BCUT2D eigenvalue weighted by Gasteiger charge is -2.23. The monoisotopic (exact) mass is 249 g/mol. The van der Waals surface area contributed by atoms with Crippen LogP contribution in [0.4, 0.5) is 0 Å². The molecule has 102 valence electrons. The molecule has 0 aromatic carbocycles. The summed E-state index contributed by atoms with van der Waals surface area (Å²) in [6.45, 7) is 5.58. The molecule has 3 nitrogen and oxygen atoms in total. The fourth-order valence-electron chi connectivity index (χ4n) is 2.72. The van der Waals surface area contributed by atoms with E-state index >= 15 is 0 Å². The molecular weight excluding hydrogens is 222 g/mol. The Morgan fingerprint density at radius 1 is 1.39 bits per heavy atom. The fourth-order valence-corrected chi connectivity index (χ4v) is 2.72. The molecule has 1 unspecified atom stereocenters. The van der Waals surface area contributed by atoms with Crippen LogP contribution in [-0.2, 0) is 13.0 Å². The summed E-state index contributed by atoms with van der Waals surface area (Å²) in [5, 5.41) is 3.68. The predicted octanol–water partition coefficient (Wildman–Crippen LogP) is 2.43. The van der Waals surface area contributed by atoms with Gasteiger partial charge in [0.15, 0.2) is 0 Å². The first-order valence-electron chi connectivity index (χ1n) is 7.27. The Bertz CT molecular complexity index is 368. The van der Waals surface area contributed by atoms with Gasteiger partial charge in [-0.25, -0.2) is 0 Å². The predicted molar refractivity (Wildman–Crippen MR) is 77.0 cm³/mol. The van der Waals surface area contributed by atoms with Crippen LogP contribution >= 0.6 is 0 Å². The molecule has 3 heteroatoms. The Labute approximate surface area is 111 Å². The zero-order valence-electron chi connectivity index (χ0n) is 12.1. The lowest BCUT2D eigenvalue weighted by Crippen LogP contribution is -2.25. The minimum atomic E-state index is 0.592. The van der Waals surface area contributed by atoms with Gasteiger partial charge in [-0.15, -0.1) is 0 Å². The fraction of sp³-hybridized carbons (Fsp3) is 0.733. The Kier molecular flexibility index (Phi) is 4.84. The molecule has 0 radical (unpaired) electrons. The SMILES string of the molecule is CCCNC1CCCc2cn(CCN(C)C)cc21. The van der Waals surface area contributed by atoms with Gasteiger partial charge in [0.1, 0.15) is 0 Å². The van der Waals surface area contributed by atoms with Crippen molar-refractivity contribution in [2.24, 2.45) is 0 Å². The van der Waals surface area contributed by atoms with Crippen LogP contribution in [0.1, 0.15) is 43.4 Å². The molecule has 1 N–H and O–H groups in total. The molecule has 1 heterocycles. The summed E-state index contributed by atoms with van der Waals surface area (Å²) in [7, 11) is 4.27. The second-order valence-corrected chi connectivity index (χ2v) is 5.68. The Hall–Kier alpha value is -0.800. The Morgan fingerprint density at radius 3 is 2.94 bits per heavy atom. The van der Waals surface area contributed by atoms with Crippen molar-refractivity contribution in [1.29, 1.82) is 0 Å². The molecule has 0 aliphatic heterocycles. The van der Waals surface area contributed by atoms with Gasteiger partial charge in [0.25, 0.3) is 0 Å². The van der Waals surface area contributed by atoms with Crippen molar-refractivity contribution < 1.29 is 0 Å². The van der Waals surface area contributed by atoms with E-state index in [2.05, 4.69) is 48.2 Å². The van der Waals surface area contributed by atoms with E-state index in [1.54, 1.807) is 11.1 Å². The number of nitrogens with zero attached hydrogens (tertiary/aromatic N) is 2. The van der Waals surface area contributed by atoms with Gasteiger partial charge in [0, 0.05) is 31.5 Å². The highest BCUT2D eigenvalue weighted by atomic mass is 15.1. The molecule has 0 amide bonds. The second kappa shape index (κ2) is 6.39. The molecule has 1 atom stereocenters. The van der Waals surface area contributed by atoms with Gasteiger partial charge in [-0.05, 0) is 57.5 Å². The maximum atomic E-state index is 3.68. The molecule has 18 heavy (non-hydrogen) atoms. The van der Waals surface area contributed by atoms with Crippen LogP contribution in [0.2, 0.25) is 0 Å². The number of likely N-dealkylation sites (N-methyl/N-ethyl adjacent to an activating group) is 1. The molecule has 0 fully saturated rings. The molecule has 1 aromatic rings. The molecule has 2 rings (SSSR count). The molecule has 1 aliphatic carbocycles. The lowest BCUT2D eigenvalue weighted by atomic mass is 9.91. The second-order valence-electron chi connectivity index (χ2n) is 5.68. The maximum absolute atomic E-state index is 3.68. The van der Waals surface area contributed by atoms with Crippen molar-refractivity contribution in [3.63, 3.8) is 0 Å². The van der Waals surface area contributed by atoms with Crippen LogP contribution in [0.25, 0.3) is 0 Å². The number of nitrogens with one attached hydrogen (secondary N) is 1. The number of aryl methyl sites for hydroxylation is 1. The number of fused-ring (bicyclic) bond motifs is 1. The van der Waals surface area contributed by atoms with Crippen molar-refractivity contribution in [2.45, 2.75) is 45.2 Å². The largest absolute Gasteiger partial charge is 0.352 e. The van der Waals surface area contributed by atoms with Crippen LogP contribution in [0.5, 0.6) is 0 Å². The van der Waals surface area contributed by atoms with E-state index < -0.39 is 0 Å². The highest BCUT2D eigenvalue weighted by Crippen LogP contribution is 2.30. The summed E-state index contributed by atoms with van der Waals surface area (Å²) < 4.78 is 2.37. The van der Waals surface area contributed by atoms with E-state index in [0.29, 0.717) is 6.04 Å². The van der Waals surface area contributed by atoms with Crippen LogP contribution < -0.4 is 5.32 Å². The van der Waals surface area contributed by atoms with Crippen LogP contribution in [0.3, 0.4) is 0 Å². The summed E-state index contributed by atoms with van der Waals surface area (Å²) in [6, 6.07) is 0.592. The van der Waals surface area contributed by atoms with E-state index in [1.807, 2.05) is 0 Å². The van der Waals surface area contributed by atoms with Crippen LogP contribution in [0, 0.1) is 0 Å². The van der Waals surface area contributed by atoms with Crippen LogP contribution in [-0.4, -0.2) is 36.7 Å². The number of aromatic nitrogens is 1. The Morgan fingerprint density at radius 2 is 2.22 bits per heavy atom. The first-order valence-corrected chi connectivity index (χ1v) is 7.27. The topological polar surface area (TPSA) is 20.2 Å². The number of rotatable bonds is 6. The summed E-state index contributed by atoms with van der Waals surface area (Å²) in [5.74, 6) is 0. The van der Waals surface area contributed by atoms with E-state index in [4.69, 9.17) is 0 Å².